The van der Waals surface area contributed by atoms with Crippen molar-refractivity contribution in [2.75, 3.05) is 4.72 Å². The Morgan fingerprint density at radius 1 is 1.30 bits per heavy atom. The maximum Gasteiger partial charge on any atom is 0.347 e. The molecule has 0 atom stereocenters. The third-order valence-electron chi connectivity index (χ3n) is 2.45. The zero-order chi connectivity index (χ0) is 15.1. The molecule has 0 aliphatic carbocycles. The van der Waals surface area contributed by atoms with Crippen LogP contribution in [-0.4, -0.2) is 29.6 Å². The van der Waals surface area contributed by atoms with Crippen LogP contribution in [-0.2, 0) is 10.0 Å². The minimum Gasteiger partial charge on any atom is -0.477 e. The minimum atomic E-state index is -3.91. The van der Waals surface area contributed by atoms with Crippen LogP contribution in [0.15, 0.2) is 9.42 Å². The summed E-state index contributed by atoms with van der Waals surface area (Å²) in [7, 11) is -3.91. The summed E-state index contributed by atoms with van der Waals surface area (Å²) in [6.45, 7) is 4.47. The lowest BCUT2D eigenvalue weighted by Crippen LogP contribution is -2.14. The number of anilines is 1. The zero-order valence-corrected chi connectivity index (χ0v) is 12.4. The molecule has 20 heavy (non-hydrogen) atoms. The molecule has 10 heteroatoms. The summed E-state index contributed by atoms with van der Waals surface area (Å²) < 4.78 is 31.4. The molecule has 2 aromatic rings. The monoisotopic (exact) mass is 317 g/mol. The van der Waals surface area contributed by atoms with Gasteiger partial charge in [-0.15, -0.1) is 0 Å². The van der Waals surface area contributed by atoms with Crippen molar-refractivity contribution in [2.45, 2.75) is 25.7 Å². The molecular weight excluding hydrogens is 306 g/mol. The summed E-state index contributed by atoms with van der Waals surface area (Å²) in [5, 5.41) is 12.5. The number of thiazole rings is 1. The van der Waals surface area contributed by atoms with Crippen LogP contribution in [0.25, 0.3) is 0 Å². The largest absolute Gasteiger partial charge is 0.477 e. The summed E-state index contributed by atoms with van der Waals surface area (Å²) in [5.74, 6) is -0.996. The molecule has 0 radical (unpaired) electrons. The van der Waals surface area contributed by atoms with Gasteiger partial charge >= 0.3 is 5.97 Å². The molecule has 0 saturated heterocycles. The minimum absolute atomic E-state index is 0.0125. The molecule has 0 saturated carbocycles. The van der Waals surface area contributed by atoms with Crippen LogP contribution in [0.1, 0.15) is 26.8 Å². The summed E-state index contributed by atoms with van der Waals surface area (Å²) in [4.78, 5) is 14.7. The van der Waals surface area contributed by atoms with Gasteiger partial charge in [0.2, 0.25) is 0 Å². The van der Waals surface area contributed by atoms with E-state index in [1.807, 2.05) is 0 Å². The lowest BCUT2D eigenvalue weighted by atomic mass is 10.4. The van der Waals surface area contributed by atoms with Gasteiger partial charge in [-0.3, -0.25) is 4.72 Å². The summed E-state index contributed by atoms with van der Waals surface area (Å²) in [6, 6.07) is 0. The van der Waals surface area contributed by atoms with Crippen molar-refractivity contribution in [1.82, 2.24) is 10.1 Å². The van der Waals surface area contributed by atoms with Crippen molar-refractivity contribution in [2.24, 2.45) is 0 Å². The molecule has 0 aliphatic rings. The normalized spacial score (nSPS) is 11.6. The second kappa shape index (κ2) is 4.87. The number of aromatic carboxylic acids is 1. The van der Waals surface area contributed by atoms with Gasteiger partial charge in [0.05, 0.1) is 5.69 Å². The van der Waals surface area contributed by atoms with Crippen molar-refractivity contribution in [3.8, 4) is 0 Å². The van der Waals surface area contributed by atoms with E-state index < -0.39 is 16.0 Å². The van der Waals surface area contributed by atoms with Crippen molar-refractivity contribution >= 4 is 32.5 Å². The first kappa shape index (κ1) is 14.5. The predicted octanol–water partition coefficient (Wildman–Crippen LogP) is 1.56. The van der Waals surface area contributed by atoms with Crippen molar-refractivity contribution in [1.29, 1.82) is 0 Å². The van der Waals surface area contributed by atoms with Crippen LogP contribution in [0.5, 0.6) is 0 Å². The number of carboxylic acids is 1. The number of hydrogen-bond acceptors (Lipinski definition) is 7. The molecule has 0 fully saturated rings. The highest BCUT2D eigenvalue weighted by Gasteiger charge is 2.26. The van der Waals surface area contributed by atoms with E-state index in [0.29, 0.717) is 0 Å². The lowest BCUT2D eigenvalue weighted by molar-refractivity contribution is 0.0701. The number of rotatable bonds is 4. The maximum absolute atomic E-state index is 12.2. The molecule has 0 aromatic carbocycles. The second-order valence-electron chi connectivity index (χ2n) is 4.00. The van der Waals surface area contributed by atoms with Gasteiger partial charge in [0.1, 0.15) is 10.6 Å². The van der Waals surface area contributed by atoms with E-state index in [4.69, 9.17) is 9.63 Å². The smallest absolute Gasteiger partial charge is 0.347 e. The van der Waals surface area contributed by atoms with Gasteiger partial charge in [-0.05, 0) is 20.8 Å². The molecule has 2 aromatic heterocycles. The third-order valence-corrected chi connectivity index (χ3v) is 5.22. The highest BCUT2D eigenvalue weighted by atomic mass is 32.2. The molecule has 0 spiro atoms. The summed E-state index contributed by atoms with van der Waals surface area (Å²) >= 11 is 0.752. The quantitative estimate of drug-likeness (QED) is 0.877. The fourth-order valence-electron chi connectivity index (χ4n) is 1.66. The topological polar surface area (TPSA) is 122 Å². The van der Waals surface area contributed by atoms with E-state index in [2.05, 4.69) is 14.9 Å². The fraction of sp³-hybridized carbons (Fsp3) is 0.300. The average Bonchev–Trinajstić information content (AvgIpc) is 2.82. The van der Waals surface area contributed by atoms with E-state index >= 15 is 0 Å². The van der Waals surface area contributed by atoms with Crippen LogP contribution >= 0.6 is 11.3 Å². The van der Waals surface area contributed by atoms with E-state index in [1.54, 1.807) is 0 Å². The molecule has 108 valence electrons. The Balaban J connectivity index is 2.39. The van der Waals surface area contributed by atoms with Crippen LogP contribution in [0, 0.1) is 20.8 Å². The highest BCUT2D eigenvalue weighted by molar-refractivity contribution is 7.93. The highest BCUT2D eigenvalue weighted by Crippen LogP contribution is 2.27. The Hall–Kier alpha value is -1.94. The SMILES string of the molecule is Cc1nc(NS(=O)(=O)c2c(C)noc2C)sc1C(=O)O. The fourth-order valence-corrected chi connectivity index (χ4v) is 4.03. The first-order valence-electron chi connectivity index (χ1n) is 5.39. The van der Waals surface area contributed by atoms with Gasteiger partial charge in [-0.2, -0.15) is 0 Å². The second-order valence-corrected chi connectivity index (χ2v) is 6.62. The molecule has 8 nitrogen and oxygen atoms in total. The molecule has 0 amide bonds. The van der Waals surface area contributed by atoms with Gasteiger partial charge in [0.15, 0.2) is 15.8 Å². The van der Waals surface area contributed by atoms with Crippen molar-refractivity contribution in [3.05, 3.63) is 22.0 Å². The van der Waals surface area contributed by atoms with Gasteiger partial charge in [-0.25, -0.2) is 18.2 Å². The molecule has 0 bridgehead atoms. The van der Waals surface area contributed by atoms with Crippen LogP contribution in [0.4, 0.5) is 5.13 Å². The average molecular weight is 317 g/mol. The van der Waals surface area contributed by atoms with E-state index in [0.717, 1.165) is 11.3 Å². The van der Waals surface area contributed by atoms with Crippen molar-refractivity contribution < 1.29 is 22.8 Å². The number of hydrogen-bond donors (Lipinski definition) is 2. The van der Waals surface area contributed by atoms with Crippen LogP contribution in [0.3, 0.4) is 0 Å². The molecule has 2 N–H and O–H groups in total. The number of sulfonamides is 1. The van der Waals surface area contributed by atoms with Gasteiger partial charge in [0.25, 0.3) is 10.0 Å². The van der Waals surface area contributed by atoms with Gasteiger partial charge in [-0.1, -0.05) is 16.5 Å². The Labute approximate surface area is 118 Å². The third kappa shape index (κ3) is 2.51. The van der Waals surface area contributed by atoms with E-state index in [9.17, 15) is 13.2 Å². The summed E-state index contributed by atoms with van der Waals surface area (Å²) in [5.41, 5.74) is 0.473. The van der Waals surface area contributed by atoms with Crippen LogP contribution in [0.2, 0.25) is 0 Å². The predicted molar refractivity (Wildman–Crippen MR) is 70.6 cm³/mol. The van der Waals surface area contributed by atoms with Gasteiger partial charge in [0, 0.05) is 0 Å². The van der Waals surface area contributed by atoms with Crippen LogP contribution < -0.4 is 4.72 Å². The summed E-state index contributed by atoms with van der Waals surface area (Å²) in [6.07, 6.45) is 0. The number of aryl methyl sites for hydroxylation is 3. The van der Waals surface area contributed by atoms with E-state index in [1.165, 1.54) is 20.8 Å². The Bertz CT molecular complexity index is 755. The number of aromatic nitrogens is 2. The molecule has 2 heterocycles. The zero-order valence-electron chi connectivity index (χ0n) is 10.8. The molecule has 0 unspecified atom stereocenters. The maximum atomic E-state index is 12.2. The number of nitrogens with zero attached hydrogens (tertiary/aromatic N) is 2. The molecule has 2 rings (SSSR count). The number of carbonyl (C=O) groups is 1. The number of carboxylic acid groups (broad SMARTS) is 1. The lowest BCUT2D eigenvalue weighted by Gasteiger charge is -2.03. The number of nitrogens with one attached hydrogen (secondary N) is 1. The standard InChI is InChI=1S/C10H11N3O5S2/c1-4-7(9(14)15)19-10(11-4)13-20(16,17)8-5(2)12-18-6(8)3/h1-3H3,(H,11,13)(H,14,15). The Morgan fingerprint density at radius 3 is 2.40 bits per heavy atom. The molecule has 0 aliphatic heterocycles. The van der Waals surface area contributed by atoms with E-state index in [-0.39, 0.29) is 32.1 Å². The first-order valence-corrected chi connectivity index (χ1v) is 7.68. The van der Waals surface area contributed by atoms with Crippen molar-refractivity contribution in [3.63, 3.8) is 0 Å². The Morgan fingerprint density at radius 2 is 1.95 bits per heavy atom. The van der Waals surface area contributed by atoms with Gasteiger partial charge < -0.3 is 9.63 Å². The Kier molecular flexibility index (Phi) is 3.52. The molecular formula is C10H11N3O5S2. The first-order chi connectivity index (χ1) is 9.22.